The summed E-state index contributed by atoms with van der Waals surface area (Å²) in [7, 11) is 1.55. The van der Waals surface area contributed by atoms with E-state index in [9.17, 15) is 14.3 Å². The second-order valence-corrected chi connectivity index (χ2v) is 6.75. The molecule has 27 heavy (non-hydrogen) atoms. The van der Waals surface area contributed by atoms with Crippen molar-refractivity contribution in [2.45, 2.75) is 18.3 Å². The van der Waals surface area contributed by atoms with Gasteiger partial charge in [-0.2, -0.15) is 0 Å². The molecule has 0 saturated heterocycles. The highest BCUT2D eigenvalue weighted by molar-refractivity contribution is 7.99. The van der Waals surface area contributed by atoms with E-state index >= 15 is 0 Å². The topological polar surface area (TPSA) is 64.3 Å². The summed E-state index contributed by atoms with van der Waals surface area (Å²) < 4.78 is 20.9. The van der Waals surface area contributed by atoms with Gasteiger partial charge in [0.05, 0.1) is 37.9 Å². The number of carbonyl (C=O) groups excluding carboxylic acids is 1. The van der Waals surface area contributed by atoms with Crippen LogP contribution in [-0.4, -0.2) is 33.3 Å². The zero-order chi connectivity index (χ0) is 19.2. The summed E-state index contributed by atoms with van der Waals surface area (Å²) in [6.07, 6.45) is 1.54. The Hall–Kier alpha value is -2.64. The first-order valence-electron chi connectivity index (χ1n) is 8.31. The summed E-state index contributed by atoms with van der Waals surface area (Å²) in [5, 5.41) is 10.1. The maximum absolute atomic E-state index is 14.0. The average Bonchev–Trinajstić information content (AvgIpc) is 3.09. The van der Waals surface area contributed by atoms with Gasteiger partial charge in [-0.25, -0.2) is 9.37 Å². The molecular weight excluding hydrogens is 367 g/mol. The van der Waals surface area contributed by atoms with Crippen LogP contribution in [0.25, 0.3) is 0 Å². The number of methoxy groups -OCH3 is 1. The third-order valence-electron chi connectivity index (χ3n) is 4.07. The number of aliphatic hydroxyl groups is 1. The number of halogens is 1. The Labute approximate surface area is 160 Å². The second-order valence-electron chi connectivity index (χ2n) is 5.81. The largest absolute Gasteiger partial charge is 0.497 e. The van der Waals surface area contributed by atoms with E-state index in [1.807, 2.05) is 0 Å². The van der Waals surface area contributed by atoms with E-state index < -0.39 is 0 Å². The minimum Gasteiger partial charge on any atom is -0.497 e. The molecule has 0 saturated carbocycles. The van der Waals surface area contributed by atoms with Gasteiger partial charge in [-0.3, -0.25) is 4.79 Å². The van der Waals surface area contributed by atoms with E-state index in [1.54, 1.807) is 60.3 Å². The van der Waals surface area contributed by atoms with Crippen LogP contribution in [0.15, 0.2) is 59.9 Å². The average molecular weight is 386 g/mol. The number of ether oxygens (including phenoxy) is 1. The molecule has 140 valence electrons. The number of rotatable bonds is 8. The van der Waals surface area contributed by atoms with Crippen LogP contribution in [-0.2, 0) is 13.2 Å². The molecule has 3 rings (SSSR count). The number of nitrogens with zero attached hydrogens (tertiary/aromatic N) is 2. The van der Waals surface area contributed by atoms with Crippen molar-refractivity contribution in [3.8, 4) is 5.75 Å². The van der Waals surface area contributed by atoms with Crippen molar-refractivity contribution in [3.63, 3.8) is 0 Å². The van der Waals surface area contributed by atoms with Gasteiger partial charge in [-0.05, 0) is 18.2 Å². The minimum absolute atomic E-state index is 0.0649. The van der Waals surface area contributed by atoms with Crippen LogP contribution in [0, 0.1) is 5.82 Å². The molecule has 1 aromatic heterocycles. The summed E-state index contributed by atoms with van der Waals surface area (Å²) >= 11 is 1.25. The van der Waals surface area contributed by atoms with Gasteiger partial charge < -0.3 is 14.4 Å². The number of hydrogen-bond acceptors (Lipinski definition) is 5. The fourth-order valence-electron chi connectivity index (χ4n) is 2.61. The zero-order valence-corrected chi connectivity index (χ0v) is 15.6. The first-order valence-corrected chi connectivity index (χ1v) is 9.29. The highest BCUT2D eigenvalue weighted by Crippen LogP contribution is 2.23. The molecule has 0 radical (unpaired) electrons. The van der Waals surface area contributed by atoms with Crippen LogP contribution in [0.2, 0.25) is 0 Å². The maximum Gasteiger partial charge on any atom is 0.173 e. The highest BCUT2D eigenvalue weighted by atomic mass is 32.2. The van der Waals surface area contributed by atoms with E-state index in [4.69, 9.17) is 4.74 Å². The number of ketones is 1. The van der Waals surface area contributed by atoms with Crippen LogP contribution < -0.4 is 4.74 Å². The number of imidazole rings is 1. The molecule has 1 N–H and O–H groups in total. The van der Waals surface area contributed by atoms with Crippen LogP contribution in [0.1, 0.15) is 21.6 Å². The monoisotopic (exact) mass is 386 g/mol. The van der Waals surface area contributed by atoms with Gasteiger partial charge >= 0.3 is 0 Å². The van der Waals surface area contributed by atoms with Crippen molar-refractivity contribution < 1.29 is 19.0 Å². The normalized spacial score (nSPS) is 10.8. The molecule has 0 aliphatic heterocycles. The third kappa shape index (κ3) is 4.56. The smallest absolute Gasteiger partial charge is 0.173 e. The Kier molecular flexibility index (Phi) is 6.26. The highest BCUT2D eigenvalue weighted by Gasteiger charge is 2.15. The van der Waals surface area contributed by atoms with Crippen molar-refractivity contribution in [2.75, 3.05) is 12.9 Å². The van der Waals surface area contributed by atoms with Crippen molar-refractivity contribution in [3.05, 3.63) is 77.4 Å². The first-order chi connectivity index (χ1) is 13.1. The fourth-order valence-corrected chi connectivity index (χ4v) is 3.50. The van der Waals surface area contributed by atoms with Gasteiger partial charge in [0.15, 0.2) is 10.9 Å². The second kappa shape index (κ2) is 8.83. The predicted molar refractivity (Wildman–Crippen MR) is 102 cm³/mol. The fraction of sp³-hybridized carbons (Fsp3) is 0.200. The number of hydrogen-bond donors (Lipinski definition) is 1. The molecule has 0 aliphatic carbocycles. The third-order valence-corrected chi connectivity index (χ3v) is 5.06. The number of aliphatic hydroxyl groups excluding tert-OH is 1. The SMILES string of the molecule is COc1cccc(C(=O)CSc2ncc(CO)n2Cc2ccccc2F)c1. The zero-order valence-electron chi connectivity index (χ0n) is 14.8. The van der Waals surface area contributed by atoms with E-state index in [2.05, 4.69) is 4.98 Å². The van der Waals surface area contributed by atoms with Crippen molar-refractivity contribution in [2.24, 2.45) is 0 Å². The van der Waals surface area contributed by atoms with E-state index in [-0.39, 0.29) is 30.5 Å². The lowest BCUT2D eigenvalue weighted by Crippen LogP contribution is -2.09. The Morgan fingerprint density at radius 2 is 2.07 bits per heavy atom. The quantitative estimate of drug-likeness (QED) is 0.474. The molecule has 0 spiro atoms. The molecular formula is C20H19FN2O3S. The molecule has 0 atom stereocenters. The summed E-state index contributed by atoms with van der Waals surface area (Å²) in [6, 6.07) is 13.4. The van der Waals surface area contributed by atoms with Gasteiger partial charge in [0.25, 0.3) is 0 Å². The molecule has 3 aromatic rings. The number of Topliss-reactive ketones (excluding diaryl/α,β-unsaturated/α-hetero) is 1. The number of aromatic nitrogens is 2. The number of carbonyl (C=O) groups is 1. The van der Waals surface area contributed by atoms with Crippen molar-refractivity contribution in [1.82, 2.24) is 9.55 Å². The standard InChI is InChI=1S/C20H19FN2O3S/c1-26-17-7-4-6-14(9-17)19(25)13-27-20-22-10-16(12-24)23(20)11-15-5-2-3-8-18(15)21/h2-10,24H,11-13H2,1H3. The molecule has 0 unspecified atom stereocenters. The van der Waals surface area contributed by atoms with Gasteiger partial charge in [-0.1, -0.05) is 42.1 Å². The molecule has 2 aromatic carbocycles. The molecule has 1 heterocycles. The van der Waals surface area contributed by atoms with Crippen LogP contribution in [0.4, 0.5) is 4.39 Å². The lowest BCUT2D eigenvalue weighted by molar-refractivity contribution is 0.102. The molecule has 0 aliphatic rings. The van der Waals surface area contributed by atoms with Crippen molar-refractivity contribution >= 4 is 17.5 Å². The predicted octanol–water partition coefficient (Wildman–Crippen LogP) is 3.55. The van der Waals surface area contributed by atoms with Gasteiger partial charge in [0, 0.05) is 11.1 Å². The first kappa shape index (κ1) is 19.1. The molecule has 0 fully saturated rings. The van der Waals surface area contributed by atoms with Gasteiger partial charge in [0.1, 0.15) is 11.6 Å². The summed E-state index contributed by atoms with van der Waals surface area (Å²) in [6.45, 7) is 0.0179. The van der Waals surface area contributed by atoms with Gasteiger partial charge in [-0.15, -0.1) is 0 Å². The van der Waals surface area contributed by atoms with Crippen molar-refractivity contribution in [1.29, 1.82) is 0 Å². The Morgan fingerprint density at radius 3 is 2.81 bits per heavy atom. The van der Waals surface area contributed by atoms with E-state index in [0.717, 1.165) is 0 Å². The Balaban J connectivity index is 1.76. The lowest BCUT2D eigenvalue weighted by Gasteiger charge is -2.11. The molecule has 5 nitrogen and oxygen atoms in total. The lowest BCUT2D eigenvalue weighted by atomic mass is 10.1. The summed E-state index contributed by atoms with van der Waals surface area (Å²) in [5.41, 5.74) is 1.61. The van der Waals surface area contributed by atoms with Crippen LogP contribution >= 0.6 is 11.8 Å². The van der Waals surface area contributed by atoms with E-state index in [0.29, 0.717) is 27.7 Å². The summed E-state index contributed by atoms with van der Waals surface area (Å²) in [5.74, 6) is 0.407. The number of thioether (sulfide) groups is 1. The number of benzene rings is 2. The molecule has 0 bridgehead atoms. The van der Waals surface area contributed by atoms with E-state index in [1.165, 1.54) is 17.8 Å². The molecule has 7 heteroatoms. The minimum atomic E-state index is -0.321. The molecule has 0 amide bonds. The van der Waals surface area contributed by atoms with Gasteiger partial charge in [0.2, 0.25) is 0 Å². The maximum atomic E-state index is 14.0. The van der Waals surface area contributed by atoms with Crippen LogP contribution in [0.3, 0.4) is 0 Å². The Morgan fingerprint density at radius 1 is 1.26 bits per heavy atom. The van der Waals surface area contributed by atoms with Crippen LogP contribution in [0.5, 0.6) is 5.75 Å². The Bertz CT molecular complexity index is 942. The summed E-state index contributed by atoms with van der Waals surface area (Å²) in [4.78, 5) is 16.7.